The van der Waals surface area contributed by atoms with Crippen LogP contribution in [0.4, 0.5) is 4.39 Å². The van der Waals surface area contributed by atoms with Gasteiger partial charge >= 0.3 is 0 Å². The van der Waals surface area contributed by atoms with Crippen molar-refractivity contribution in [2.45, 2.75) is 6.61 Å². The van der Waals surface area contributed by atoms with Crippen molar-refractivity contribution in [2.24, 2.45) is 5.84 Å². The zero-order valence-electron chi connectivity index (χ0n) is 10.1. The minimum Gasteiger partial charge on any atom is -0.488 e. The number of hydrazine groups is 1. The van der Waals surface area contributed by atoms with Crippen LogP contribution in [0, 0.1) is 5.82 Å². The standard InChI is InChI=1S/C14H13FN2O2/c15-11-5-3-4-10(8-11)9-19-13-7-2-1-6-12(13)14(18)17-16/h1-8H,9,16H2,(H,17,18). The number of nitrogen functional groups attached to an aromatic ring is 1. The summed E-state index contributed by atoms with van der Waals surface area (Å²) in [5.41, 5.74) is 3.07. The minimum atomic E-state index is -0.435. The van der Waals surface area contributed by atoms with Crippen molar-refractivity contribution < 1.29 is 13.9 Å². The fourth-order valence-corrected chi connectivity index (χ4v) is 1.65. The third-order valence-electron chi connectivity index (χ3n) is 2.55. The smallest absolute Gasteiger partial charge is 0.268 e. The first-order valence-electron chi connectivity index (χ1n) is 5.68. The number of carbonyl (C=O) groups excluding carboxylic acids is 1. The van der Waals surface area contributed by atoms with Crippen molar-refractivity contribution >= 4 is 5.91 Å². The van der Waals surface area contributed by atoms with Gasteiger partial charge in [-0.25, -0.2) is 10.2 Å². The van der Waals surface area contributed by atoms with E-state index in [9.17, 15) is 9.18 Å². The molecule has 0 spiro atoms. The van der Waals surface area contributed by atoms with Crippen LogP contribution in [-0.2, 0) is 6.61 Å². The summed E-state index contributed by atoms with van der Waals surface area (Å²) in [4.78, 5) is 11.5. The predicted molar refractivity (Wildman–Crippen MR) is 68.8 cm³/mol. The molecule has 0 heterocycles. The number of nitrogens with one attached hydrogen (secondary N) is 1. The Morgan fingerprint density at radius 3 is 2.74 bits per heavy atom. The second kappa shape index (κ2) is 5.97. The largest absolute Gasteiger partial charge is 0.488 e. The highest BCUT2D eigenvalue weighted by atomic mass is 19.1. The molecule has 0 bridgehead atoms. The summed E-state index contributed by atoms with van der Waals surface area (Å²) in [6.07, 6.45) is 0. The van der Waals surface area contributed by atoms with Crippen molar-refractivity contribution in [3.8, 4) is 5.75 Å². The van der Waals surface area contributed by atoms with Gasteiger partial charge in [0.25, 0.3) is 5.91 Å². The molecule has 0 aliphatic heterocycles. The summed E-state index contributed by atoms with van der Waals surface area (Å²) in [5.74, 6) is 4.73. The topological polar surface area (TPSA) is 64.3 Å². The van der Waals surface area contributed by atoms with Gasteiger partial charge < -0.3 is 4.74 Å². The quantitative estimate of drug-likeness (QED) is 0.502. The van der Waals surface area contributed by atoms with E-state index in [0.717, 1.165) is 0 Å². The Morgan fingerprint density at radius 2 is 2.00 bits per heavy atom. The predicted octanol–water partition coefficient (Wildman–Crippen LogP) is 2.01. The molecule has 1 amide bonds. The Kier molecular flexibility index (Phi) is 4.10. The Morgan fingerprint density at radius 1 is 1.21 bits per heavy atom. The number of amides is 1. The maximum Gasteiger partial charge on any atom is 0.268 e. The fraction of sp³-hybridized carbons (Fsp3) is 0.0714. The van der Waals surface area contributed by atoms with E-state index in [-0.39, 0.29) is 12.4 Å². The molecule has 98 valence electrons. The Labute approximate surface area is 110 Å². The number of hydrogen-bond acceptors (Lipinski definition) is 3. The molecule has 0 unspecified atom stereocenters. The van der Waals surface area contributed by atoms with Gasteiger partial charge in [0.15, 0.2) is 0 Å². The summed E-state index contributed by atoms with van der Waals surface area (Å²) in [5, 5.41) is 0. The van der Waals surface area contributed by atoms with Gasteiger partial charge in [0.05, 0.1) is 5.56 Å². The second-order valence-electron chi connectivity index (χ2n) is 3.89. The lowest BCUT2D eigenvalue weighted by Gasteiger charge is -2.10. The molecule has 19 heavy (non-hydrogen) atoms. The number of ether oxygens (including phenoxy) is 1. The van der Waals surface area contributed by atoms with E-state index in [2.05, 4.69) is 5.43 Å². The first kappa shape index (κ1) is 13.0. The van der Waals surface area contributed by atoms with Gasteiger partial charge in [0.1, 0.15) is 18.2 Å². The lowest BCUT2D eigenvalue weighted by Crippen LogP contribution is -2.30. The summed E-state index contributed by atoms with van der Waals surface area (Å²) < 4.78 is 18.5. The fourth-order valence-electron chi connectivity index (χ4n) is 1.65. The first-order chi connectivity index (χ1) is 9.20. The molecular formula is C14H13FN2O2. The van der Waals surface area contributed by atoms with Crippen molar-refractivity contribution in [3.63, 3.8) is 0 Å². The Bertz CT molecular complexity index is 587. The molecule has 0 saturated heterocycles. The number of benzene rings is 2. The number of nitrogens with two attached hydrogens (primary N) is 1. The van der Waals surface area contributed by atoms with Crippen LogP contribution in [0.25, 0.3) is 0 Å². The number of halogens is 1. The molecule has 0 aromatic heterocycles. The summed E-state index contributed by atoms with van der Waals surface area (Å²) >= 11 is 0. The molecule has 0 aliphatic carbocycles. The minimum absolute atomic E-state index is 0.173. The summed E-state index contributed by atoms with van der Waals surface area (Å²) in [6, 6.07) is 12.8. The lowest BCUT2D eigenvalue weighted by molar-refractivity contribution is 0.0949. The summed E-state index contributed by atoms with van der Waals surface area (Å²) in [7, 11) is 0. The zero-order chi connectivity index (χ0) is 13.7. The van der Waals surface area contributed by atoms with E-state index in [1.807, 2.05) is 0 Å². The van der Waals surface area contributed by atoms with E-state index in [1.165, 1.54) is 12.1 Å². The third kappa shape index (κ3) is 3.29. The van der Waals surface area contributed by atoms with Gasteiger partial charge in [0.2, 0.25) is 0 Å². The lowest BCUT2D eigenvalue weighted by atomic mass is 10.2. The van der Waals surface area contributed by atoms with Crippen LogP contribution >= 0.6 is 0 Å². The summed E-state index contributed by atoms with van der Waals surface area (Å²) in [6.45, 7) is 0.173. The Hall–Kier alpha value is -2.40. The highest BCUT2D eigenvalue weighted by Crippen LogP contribution is 2.19. The van der Waals surface area contributed by atoms with Gasteiger partial charge in [-0.15, -0.1) is 0 Å². The van der Waals surface area contributed by atoms with Gasteiger partial charge in [-0.05, 0) is 29.8 Å². The van der Waals surface area contributed by atoms with Crippen LogP contribution in [0.1, 0.15) is 15.9 Å². The van der Waals surface area contributed by atoms with Crippen molar-refractivity contribution in [1.82, 2.24) is 5.43 Å². The van der Waals surface area contributed by atoms with Crippen molar-refractivity contribution in [1.29, 1.82) is 0 Å². The van der Waals surface area contributed by atoms with Crippen LogP contribution in [0.3, 0.4) is 0 Å². The molecule has 0 aliphatic rings. The van der Waals surface area contributed by atoms with E-state index >= 15 is 0 Å². The van der Waals surface area contributed by atoms with Crippen molar-refractivity contribution in [2.75, 3.05) is 0 Å². The van der Waals surface area contributed by atoms with Crippen LogP contribution in [0.5, 0.6) is 5.75 Å². The Balaban J connectivity index is 2.13. The molecule has 0 saturated carbocycles. The molecule has 0 fully saturated rings. The van der Waals surface area contributed by atoms with Crippen LogP contribution < -0.4 is 16.0 Å². The van der Waals surface area contributed by atoms with Gasteiger partial charge in [0, 0.05) is 0 Å². The maximum absolute atomic E-state index is 13.0. The van der Waals surface area contributed by atoms with E-state index < -0.39 is 5.91 Å². The normalized spacial score (nSPS) is 10.0. The number of para-hydroxylation sites is 1. The van der Waals surface area contributed by atoms with E-state index in [4.69, 9.17) is 10.6 Å². The zero-order valence-corrected chi connectivity index (χ0v) is 10.1. The SMILES string of the molecule is NNC(=O)c1ccccc1OCc1cccc(F)c1. The number of hydrogen-bond donors (Lipinski definition) is 2. The molecule has 2 rings (SSSR count). The molecule has 4 nitrogen and oxygen atoms in total. The molecule has 0 atom stereocenters. The second-order valence-corrected chi connectivity index (χ2v) is 3.89. The average Bonchev–Trinajstić information content (AvgIpc) is 2.45. The van der Waals surface area contributed by atoms with Gasteiger partial charge in [-0.2, -0.15) is 0 Å². The van der Waals surface area contributed by atoms with Crippen LogP contribution in [-0.4, -0.2) is 5.91 Å². The number of rotatable bonds is 4. The molecule has 2 aromatic rings. The van der Waals surface area contributed by atoms with Crippen molar-refractivity contribution in [3.05, 3.63) is 65.5 Å². The van der Waals surface area contributed by atoms with E-state index in [0.29, 0.717) is 16.9 Å². The van der Waals surface area contributed by atoms with Gasteiger partial charge in [-0.3, -0.25) is 10.2 Å². The monoisotopic (exact) mass is 260 g/mol. The molecule has 5 heteroatoms. The third-order valence-corrected chi connectivity index (χ3v) is 2.55. The molecule has 0 radical (unpaired) electrons. The molecular weight excluding hydrogens is 247 g/mol. The molecule has 2 aromatic carbocycles. The van der Waals surface area contributed by atoms with Crippen LogP contribution in [0.15, 0.2) is 48.5 Å². The first-order valence-corrected chi connectivity index (χ1v) is 5.68. The molecule has 3 N–H and O–H groups in total. The number of carbonyl (C=O) groups is 1. The van der Waals surface area contributed by atoms with Gasteiger partial charge in [-0.1, -0.05) is 24.3 Å². The van der Waals surface area contributed by atoms with E-state index in [1.54, 1.807) is 36.4 Å². The highest BCUT2D eigenvalue weighted by molar-refractivity contribution is 5.96. The maximum atomic E-state index is 13.0. The average molecular weight is 260 g/mol. The van der Waals surface area contributed by atoms with Crippen LogP contribution in [0.2, 0.25) is 0 Å². The highest BCUT2D eigenvalue weighted by Gasteiger charge is 2.10.